The predicted octanol–water partition coefficient (Wildman–Crippen LogP) is 2.33. The molecule has 1 atom stereocenters. The van der Waals surface area contributed by atoms with E-state index in [0.717, 1.165) is 51.6 Å². The van der Waals surface area contributed by atoms with Gasteiger partial charge < -0.3 is 24.4 Å². The number of pyridine rings is 2. The van der Waals surface area contributed by atoms with Crippen LogP contribution in [0.4, 0.5) is 11.4 Å². The average molecular weight is 569 g/mol. The zero-order valence-corrected chi connectivity index (χ0v) is 24.3. The van der Waals surface area contributed by atoms with E-state index in [1.807, 2.05) is 13.1 Å². The molecule has 0 radical (unpaired) electrons. The number of carbonyl (C=O) groups excluding carboxylic acids is 2. The Kier molecular flexibility index (Phi) is 6.51. The Hall–Kier alpha value is -4.22. The summed E-state index contributed by atoms with van der Waals surface area (Å²) in [7, 11) is 5.82. The van der Waals surface area contributed by atoms with Crippen LogP contribution < -0.4 is 15.8 Å². The lowest BCUT2D eigenvalue weighted by Gasteiger charge is -2.38. The highest BCUT2D eigenvalue weighted by Crippen LogP contribution is 2.34. The molecule has 11 heteroatoms. The Morgan fingerprint density at radius 2 is 1.83 bits per heavy atom. The molecule has 218 valence electrons. The number of piperazine rings is 1. The highest BCUT2D eigenvalue weighted by Gasteiger charge is 2.34. The number of aryl methyl sites for hydroxylation is 2. The maximum absolute atomic E-state index is 13.7. The molecule has 3 aromatic rings. The number of aromatic nitrogens is 3. The van der Waals surface area contributed by atoms with Crippen LogP contribution in [-0.2, 0) is 26.4 Å². The number of nitrogens with one attached hydrogen (secondary N) is 1. The van der Waals surface area contributed by atoms with E-state index in [1.165, 1.54) is 21.5 Å². The molecule has 1 fully saturated rings. The van der Waals surface area contributed by atoms with Gasteiger partial charge in [0, 0.05) is 87.3 Å². The second-order valence-electron chi connectivity index (χ2n) is 11.8. The zero-order valence-electron chi connectivity index (χ0n) is 24.3. The molecule has 1 N–H and O–H groups in total. The molecule has 1 amide bonds. The van der Waals surface area contributed by atoms with Crippen molar-refractivity contribution in [2.45, 2.75) is 38.4 Å². The number of fused-ring (bicyclic) bond motifs is 4. The molecule has 0 bridgehead atoms. The lowest BCUT2D eigenvalue weighted by Crippen LogP contribution is -2.49. The Morgan fingerprint density at radius 1 is 1.00 bits per heavy atom. The summed E-state index contributed by atoms with van der Waals surface area (Å²) in [6.45, 7) is 3.86. The average Bonchev–Trinajstić information content (AvgIpc) is 3.52. The number of hydrogen-bond acceptors (Lipinski definition) is 8. The number of hydrogen-bond donors (Lipinski definition) is 1. The molecular formula is C31H36N8O3. The molecule has 0 aromatic carbocycles. The highest BCUT2D eigenvalue weighted by atomic mass is 16.2. The maximum atomic E-state index is 13.7. The summed E-state index contributed by atoms with van der Waals surface area (Å²) in [5.74, 6) is -0.111. The molecule has 1 unspecified atom stereocenters. The molecule has 0 spiro atoms. The van der Waals surface area contributed by atoms with Crippen molar-refractivity contribution in [1.29, 1.82) is 0 Å². The van der Waals surface area contributed by atoms with Gasteiger partial charge in [0.05, 0.1) is 11.9 Å². The standard InChI is InChI=1S/C31H36N8O3/c1-34-8-11-39-22(18-34)14-29(36(39)3)33-25-12-21(17-35(2)30(25)41)23-15-32-16-28(24(23)19-40)38-10-9-37-26-7-5-4-6-20(26)13-27(37)31(38)42/h12-17,19,29,33H,4-11,18H2,1-3H3. The number of hydrazine groups is 1. The molecule has 42 heavy (non-hydrogen) atoms. The summed E-state index contributed by atoms with van der Waals surface area (Å²) in [4.78, 5) is 48.0. The zero-order chi connectivity index (χ0) is 29.1. The Balaban J connectivity index is 1.22. The van der Waals surface area contributed by atoms with Crippen LogP contribution in [0.5, 0.6) is 0 Å². The summed E-state index contributed by atoms with van der Waals surface area (Å²) in [6, 6.07) is 3.81. The second kappa shape index (κ2) is 10.2. The molecule has 0 saturated carbocycles. The van der Waals surface area contributed by atoms with Gasteiger partial charge in [-0.15, -0.1) is 0 Å². The second-order valence-corrected chi connectivity index (χ2v) is 11.8. The number of rotatable bonds is 5. The topological polar surface area (TPSA) is 99.0 Å². The monoisotopic (exact) mass is 568 g/mol. The predicted molar refractivity (Wildman–Crippen MR) is 161 cm³/mol. The van der Waals surface area contributed by atoms with Crippen LogP contribution in [-0.4, -0.2) is 87.7 Å². The molecule has 6 heterocycles. The number of amides is 1. The van der Waals surface area contributed by atoms with Gasteiger partial charge in [0.2, 0.25) is 0 Å². The van der Waals surface area contributed by atoms with Crippen LogP contribution in [0.25, 0.3) is 11.1 Å². The number of anilines is 2. The van der Waals surface area contributed by atoms with Gasteiger partial charge in [-0.2, -0.15) is 5.01 Å². The van der Waals surface area contributed by atoms with E-state index in [2.05, 4.69) is 42.9 Å². The number of carbonyl (C=O) groups is 2. The third kappa shape index (κ3) is 4.26. The van der Waals surface area contributed by atoms with Gasteiger partial charge in [0.15, 0.2) is 6.29 Å². The molecule has 1 saturated heterocycles. The van der Waals surface area contributed by atoms with Crippen molar-refractivity contribution in [3.8, 4) is 11.1 Å². The molecule has 7 rings (SSSR count). The minimum atomic E-state index is -0.183. The van der Waals surface area contributed by atoms with Gasteiger partial charge in [-0.1, -0.05) is 0 Å². The van der Waals surface area contributed by atoms with E-state index < -0.39 is 0 Å². The SMILES string of the molecule is CN1CCN2C(=CC(Nc3cc(-c4cncc(N5CCn6c(cc7c6CCCC7)C5=O)c4C=O)cn(C)c3=O)N2C)C1. The quantitative estimate of drug-likeness (QED) is 0.469. The highest BCUT2D eigenvalue weighted by molar-refractivity contribution is 6.09. The summed E-state index contributed by atoms with van der Waals surface area (Å²) < 4.78 is 3.68. The summed E-state index contributed by atoms with van der Waals surface area (Å²) in [5.41, 5.74) is 6.81. The summed E-state index contributed by atoms with van der Waals surface area (Å²) in [5, 5.41) is 7.77. The van der Waals surface area contributed by atoms with E-state index in [1.54, 1.807) is 36.6 Å². The Bertz CT molecular complexity index is 1690. The summed E-state index contributed by atoms with van der Waals surface area (Å²) >= 11 is 0. The molecule has 11 nitrogen and oxygen atoms in total. The third-order valence-corrected chi connectivity index (χ3v) is 9.18. The normalized spacial score (nSPS) is 20.7. The summed E-state index contributed by atoms with van der Waals surface area (Å²) in [6.07, 6.45) is 12.0. The molecular weight excluding hydrogens is 532 g/mol. The third-order valence-electron chi connectivity index (χ3n) is 9.18. The number of aldehydes is 1. The van der Waals surface area contributed by atoms with Crippen molar-refractivity contribution in [2.24, 2.45) is 7.05 Å². The lowest BCUT2D eigenvalue weighted by molar-refractivity contribution is 0.0130. The van der Waals surface area contributed by atoms with E-state index in [4.69, 9.17) is 0 Å². The van der Waals surface area contributed by atoms with Crippen molar-refractivity contribution in [3.05, 3.63) is 75.4 Å². The van der Waals surface area contributed by atoms with Crippen molar-refractivity contribution in [2.75, 3.05) is 50.5 Å². The van der Waals surface area contributed by atoms with Gasteiger partial charge in [-0.05, 0) is 56.5 Å². The largest absolute Gasteiger partial charge is 0.360 e. The first-order chi connectivity index (χ1) is 20.3. The van der Waals surface area contributed by atoms with Crippen molar-refractivity contribution in [3.63, 3.8) is 0 Å². The van der Waals surface area contributed by atoms with E-state index in [0.29, 0.717) is 46.8 Å². The molecule has 3 aliphatic heterocycles. The molecule has 1 aliphatic carbocycles. The lowest BCUT2D eigenvalue weighted by atomic mass is 9.98. The first kappa shape index (κ1) is 26.7. The van der Waals surface area contributed by atoms with E-state index >= 15 is 0 Å². The van der Waals surface area contributed by atoms with Gasteiger partial charge in [-0.3, -0.25) is 24.3 Å². The smallest absolute Gasteiger partial charge is 0.275 e. The maximum Gasteiger partial charge on any atom is 0.275 e. The van der Waals surface area contributed by atoms with Crippen LogP contribution in [0.1, 0.15) is 44.9 Å². The van der Waals surface area contributed by atoms with E-state index in [-0.39, 0.29) is 17.6 Å². The van der Waals surface area contributed by atoms with Gasteiger partial charge in [0.1, 0.15) is 17.5 Å². The van der Waals surface area contributed by atoms with Crippen LogP contribution in [0.3, 0.4) is 0 Å². The molecule has 3 aromatic heterocycles. The molecule has 4 aliphatic rings. The van der Waals surface area contributed by atoms with Crippen LogP contribution in [0.2, 0.25) is 0 Å². The van der Waals surface area contributed by atoms with Crippen LogP contribution >= 0.6 is 0 Å². The first-order valence-corrected chi connectivity index (χ1v) is 14.7. The minimum Gasteiger partial charge on any atom is -0.360 e. The number of nitrogens with zero attached hydrogens (tertiary/aromatic N) is 7. The fourth-order valence-electron chi connectivity index (χ4n) is 6.94. The van der Waals surface area contributed by atoms with Crippen LogP contribution in [0, 0.1) is 0 Å². The van der Waals surface area contributed by atoms with Gasteiger partial charge in [0.25, 0.3) is 11.5 Å². The van der Waals surface area contributed by atoms with E-state index in [9.17, 15) is 14.4 Å². The minimum absolute atomic E-state index is 0.111. The van der Waals surface area contributed by atoms with Crippen molar-refractivity contribution < 1.29 is 9.59 Å². The number of likely N-dealkylation sites (N-methyl/N-ethyl adjacent to an activating group) is 2. The van der Waals surface area contributed by atoms with Gasteiger partial charge >= 0.3 is 0 Å². The van der Waals surface area contributed by atoms with Crippen LogP contribution in [0.15, 0.2) is 47.3 Å². The van der Waals surface area contributed by atoms with Crippen molar-refractivity contribution >= 4 is 23.6 Å². The Labute approximate surface area is 244 Å². The fraction of sp³-hybridized carbons (Fsp3) is 0.419. The van der Waals surface area contributed by atoms with Gasteiger partial charge in [-0.25, -0.2) is 0 Å². The fourth-order valence-corrected chi connectivity index (χ4v) is 6.94. The Morgan fingerprint density at radius 3 is 2.67 bits per heavy atom. The first-order valence-electron chi connectivity index (χ1n) is 14.7. The van der Waals surface area contributed by atoms with Crippen molar-refractivity contribution in [1.82, 2.24) is 29.0 Å².